The number of ether oxygens (including phenoxy) is 4. The summed E-state index contributed by atoms with van der Waals surface area (Å²) in [6.45, 7) is 1.06. The number of hydrogen-bond acceptors (Lipinski definition) is 5. The van der Waals surface area contributed by atoms with Crippen molar-refractivity contribution in [1.82, 2.24) is 0 Å². The zero-order valence-electron chi connectivity index (χ0n) is 12.7. The first-order chi connectivity index (χ1) is 10.2. The van der Waals surface area contributed by atoms with Gasteiger partial charge in [-0.3, -0.25) is 0 Å². The van der Waals surface area contributed by atoms with Gasteiger partial charge in [-0.1, -0.05) is 18.3 Å². The van der Waals surface area contributed by atoms with E-state index in [9.17, 15) is 4.79 Å². The molecule has 1 saturated heterocycles. The van der Waals surface area contributed by atoms with Gasteiger partial charge in [-0.05, 0) is 44.9 Å². The Morgan fingerprint density at radius 3 is 2.71 bits per heavy atom. The van der Waals surface area contributed by atoms with Gasteiger partial charge in [0.25, 0.3) is 0 Å². The van der Waals surface area contributed by atoms with Crippen LogP contribution in [0.3, 0.4) is 0 Å². The van der Waals surface area contributed by atoms with Crippen molar-refractivity contribution in [3.63, 3.8) is 0 Å². The maximum Gasteiger partial charge on any atom is 0.509 e. The van der Waals surface area contributed by atoms with E-state index in [-0.39, 0.29) is 6.29 Å². The number of hydrogen-bond donors (Lipinski definition) is 0. The van der Waals surface area contributed by atoms with Crippen LogP contribution in [0, 0.1) is 11.8 Å². The van der Waals surface area contributed by atoms with Crippen LogP contribution >= 0.6 is 0 Å². The maximum absolute atomic E-state index is 11.4. The molecule has 0 N–H and O–H groups in total. The number of methoxy groups -OCH3 is 1. The molecule has 5 heteroatoms. The summed E-state index contributed by atoms with van der Waals surface area (Å²) in [4.78, 5) is 11.4. The lowest BCUT2D eigenvalue weighted by Gasteiger charge is -2.31. The van der Waals surface area contributed by atoms with Crippen LogP contribution in [0.1, 0.15) is 51.4 Å². The highest BCUT2D eigenvalue weighted by Gasteiger charge is 2.34. The standard InChI is InChI=1S/C16H24O5/c1-18-15(17)21-16(9-4-2-5-10-16)11-7-13-20-14-8-3-6-12-19-14/h14H,2-6,8-10,12-13H2,1H3. The van der Waals surface area contributed by atoms with Crippen LogP contribution in [-0.2, 0) is 18.9 Å². The lowest BCUT2D eigenvalue weighted by Crippen LogP contribution is -2.36. The van der Waals surface area contributed by atoms with Crippen molar-refractivity contribution in [3.05, 3.63) is 0 Å². The van der Waals surface area contributed by atoms with Crippen LogP contribution in [-0.4, -0.2) is 38.4 Å². The van der Waals surface area contributed by atoms with E-state index in [2.05, 4.69) is 16.6 Å². The van der Waals surface area contributed by atoms with Gasteiger partial charge < -0.3 is 18.9 Å². The van der Waals surface area contributed by atoms with Crippen LogP contribution < -0.4 is 0 Å². The molecule has 0 radical (unpaired) electrons. The molecule has 1 aliphatic carbocycles. The van der Waals surface area contributed by atoms with E-state index in [1.54, 1.807) is 0 Å². The third kappa shape index (κ3) is 5.22. The molecule has 1 atom stereocenters. The minimum atomic E-state index is -0.706. The summed E-state index contributed by atoms with van der Waals surface area (Å²) in [7, 11) is 1.32. The molecule has 2 aliphatic rings. The molecule has 5 nitrogen and oxygen atoms in total. The highest BCUT2D eigenvalue weighted by molar-refractivity contribution is 5.61. The molecule has 2 rings (SSSR count). The van der Waals surface area contributed by atoms with Crippen molar-refractivity contribution >= 4 is 6.16 Å². The Hall–Kier alpha value is -1.25. The second kappa shape index (κ2) is 8.26. The zero-order valence-corrected chi connectivity index (χ0v) is 12.7. The van der Waals surface area contributed by atoms with Crippen molar-refractivity contribution < 1.29 is 23.7 Å². The van der Waals surface area contributed by atoms with Crippen LogP contribution in [0.5, 0.6) is 0 Å². The van der Waals surface area contributed by atoms with Crippen molar-refractivity contribution in [2.45, 2.75) is 63.3 Å². The van der Waals surface area contributed by atoms with Crippen molar-refractivity contribution in [3.8, 4) is 11.8 Å². The van der Waals surface area contributed by atoms with Gasteiger partial charge in [0.05, 0.1) is 7.11 Å². The Balaban J connectivity index is 1.85. The van der Waals surface area contributed by atoms with E-state index in [1.165, 1.54) is 7.11 Å². The second-order valence-corrected chi connectivity index (χ2v) is 5.52. The molecule has 21 heavy (non-hydrogen) atoms. The highest BCUT2D eigenvalue weighted by Crippen LogP contribution is 2.31. The van der Waals surface area contributed by atoms with E-state index in [0.29, 0.717) is 6.61 Å². The van der Waals surface area contributed by atoms with Crippen molar-refractivity contribution in [2.75, 3.05) is 20.3 Å². The summed E-state index contributed by atoms with van der Waals surface area (Å²) < 4.78 is 21.1. The lowest BCUT2D eigenvalue weighted by molar-refractivity contribution is -0.154. The summed E-state index contributed by atoms with van der Waals surface area (Å²) in [5.74, 6) is 6.07. The fourth-order valence-electron chi connectivity index (χ4n) is 2.75. The molecule has 1 heterocycles. The van der Waals surface area contributed by atoms with Gasteiger partial charge >= 0.3 is 6.16 Å². The molecule has 0 bridgehead atoms. The van der Waals surface area contributed by atoms with Gasteiger partial charge in [0, 0.05) is 6.61 Å². The van der Waals surface area contributed by atoms with E-state index >= 15 is 0 Å². The normalized spacial score (nSPS) is 24.5. The third-order valence-corrected chi connectivity index (χ3v) is 3.90. The smallest absolute Gasteiger partial charge is 0.438 e. The van der Waals surface area contributed by atoms with Gasteiger partial charge in [-0.25, -0.2) is 4.79 Å². The Morgan fingerprint density at radius 1 is 1.24 bits per heavy atom. The van der Waals surface area contributed by atoms with Crippen molar-refractivity contribution in [2.24, 2.45) is 0 Å². The van der Waals surface area contributed by atoms with Gasteiger partial charge in [-0.15, -0.1) is 0 Å². The number of rotatable bonds is 3. The molecule has 1 unspecified atom stereocenters. The average molecular weight is 296 g/mol. The fraction of sp³-hybridized carbons (Fsp3) is 0.812. The highest BCUT2D eigenvalue weighted by atomic mass is 16.7. The Kier molecular flexibility index (Phi) is 6.34. The molecule has 1 saturated carbocycles. The Morgan fingerprint density at radius 2 is 2.05 bits per heavy atom. The predicted molar refractivity (Wildman–Crippen MR) is 76.6 cm³/mol. The van der Waals surface area contributed by atoms with Crippen LogP contribution in [0.15, 0.2) is 0 Å². The predicted octanol–water partition coefficient (Wildman–Crippen LogP) is 3.02. The lowest BCUT2D eigenvalue weighted by atomic mass is 9.85. The summed E-state index contributed by atoms with van der Waals surface area (Å²) >= 11 is 0. The first kappa shape index (κ1) is 16.1. The number of carbonyl (C=O) groups excluding carboxylic acids is 1. The summed E-state index contributed by atoms with van der Waals surface area (Å²) in [5.41, 5.74) is -0.706. The van der Waals surface area contributed by atoms with E-state index < -0.39 is 11.8 Å². The molecule has 2 fully saturated rings. The van der Waals surface area contributed by atoms with E-state index in [4.69, 9.17) is 14.2 Å². The molecule has 0 amide bonds. The van der Waals surface area contributed by atoms with E-state index in [1.807, 2.05) is 0 Å². The second-order valence-electron chi connectivity index (χ2n) is 5.52. The first-order valence-electron chi connectivity index (χ1n) is 7.74. The summed E-state index contributed by atoms with van der Waals surface area (Å²) in [6, 6.07) is 0. The largest absolute Gasteiger partial charge is 0.509 e. The molecule has 0 aromatic carbocycles. The number of carbonyl (C=O) groups is 1. The Bertz CT molecular complexity index is 383. The monoisotopic (exact) mass is 296 g/mol. The zero-order chi connectivity index (χ0) is 15.0. The van der Waals surface area contributed by atoms with Gasteiger partial charge in [0.15, 0.2) is 11.9 Å². The molecule has 118 valence electrons. The van der Waals surface area contributed by atoms with E-state index in [0.717, 1.165) is 58.0 Å². The minimum Gasteiger partial charge on any atom is -0.438 e. The summed E-state index contributed by atoms with van der Waals surface area (Å²) in [5, 5.41) is 0. The van der Waals surface area contributed by atoms with Gasteiger partial charge in [0.1, 0.15) is 6.61 Å². The third-order valence-electron chi connectivity index (χ3n) is 3.90. The van der Waals surface area contributed by atoms with Crippen LogP contribution in [0.4, 0.5) is 4.79 Å². The molecular weight excluding hydrogens is 272 g/mol. The SMILES string of the molecule is COC(=O)OC1(C#CCOC2CCCCO2)CCCCC1. The first-order valence-corrected chi connectivity index (χ1v) is 7.74. The molecule has 0 aromatic rings. The average Bonchev–Trinajstić information content (AvgIpc) is 2.53. The van der Waals surface area contributed by atoms with Crippen molar-refractivity contribution in [1.29, 1.82) is 0 Å². The quantitative estimate of drug-likeness (QED) is 0.592. The topological polar surface area (TPSA) is 54.0 Å². The van der Waals surface area contributed by atoms with Crippen LogP contribution in [0.2, 0.25) is 0 Å². The maximum atomic E-state index is 11.4. The minimum absolute atomic E-state index is 0.142. The molecular formula is C16H24O5. The van der Waals surface area contributed by atoms with Gasteiger partial charge in [-0.2, -0.15) is 0 Å². The van der Waals surface area contributed by atoms with Crippen LogP contribution in [0.25, 0.3) is 0 Å². The fourth-order valence-corrected chi connectivity index (χ4v) is 2.75. The van der Waals surface area contributed by atoms with Gasteiger partial charge in [0.2, 0.25) is 0 Å². The summed E-state index contributed by atoms with van der Waals surface area (Å²) in [6.07, 6.45) is 7.04. The molecule has 1 aliphatic heterocycles. The Labute approximate surface area is 126 Å². The molecule has 0 spiro atoms. The molecule has 0 aromatic heterocycles.